The van der Waals surface area contributed by atoms with E-state index in [1.165, 1.54) is 28.7 Å². The van der Waals surface area contributed by atoms with Crippen LogP contribution < -0.4 is 5.32 Å². The molecule has 0 aliphatic heterocycles. The first-order valence-electron chi connectivity index (χ1n) is 7.58. The Balaban J connectivity index is 1.85. The minimum absolute atomic E-state index is 0.113. The second-order valence-electron chi connectivity index (χ2n) is 5.23. The second kappa shape index (κ2) is 8.84. The van der Waals surface area contributed by atoms with Crippen LogP contribution in [0.25, 0.3) is 0 Å². The van der Waals surface area contributed by atoms with Gasteiger partial charge < -0.3 is 10.1 Å². The van der Waals surface area contributed by atoms with Crippen molar-refractivity contribution in [3.63, 3.8) is 0 Å². The molecule has 128 valence electrons. The molecule has 0 saturated heterocycles. The summed E-state index contributed by atoms with van der Waals surface area (Å²) in [6, 6.07) is 6.19. The molecule has 0 fully saturated rings. The zero-order valence-corrected chi connectivity index (χ0v) is 15.6. The van der Waals surface area contributed by atoms with E-state index in [1.807, 2.05) is 13.8 Å². The highest BCUT2D eigenvalue weighted by atomic mass is 32.2. The average Bonchev–Trinajstić information content (AvgIpc) is 2.95. The third-order valence-corrected chi connectivity index (χ3v) is 5.10. The zero-order valence-electron chi connectivity index (χ0n) is 13.9. The van der Waals surface area contributed by atoms with Gasteiger partial charge in [-0.15, -0.1) is 23.1 Å². The van der Waals surface area contributed by atoms with E-state index in [1.54, 1.807) is 12.3 Å². The molecule has 0 atom stereocenters. The fraction of sp³-hybridized carbons (Fsp3) is 0.353. The van der Waals surface area contributed by atoms with Gasteiger partial charge in [-0.1, -0.05) is 17.7 Å². The molecule has 0 aliphatic rings. The summed E-state index contributed by atoms with van der Waals surface area (Å²) in [6.07, 6.45) is 0.122. The Kier molecular flexibility index (Phi) is 6.81. The van der Waals surface area contributed by atoms with Gasteiger partial charge in [0.2, 0.25) is 5.91 Å². The lowest BCUT2D eigenvalue weighted by molar-refractivity contribution is -0.142. The molecule has 1 aromatic heterocycles. The van der Waals surface area contributed by atoms with Crippen molar-refractivity contribution in [3.05, 3.63) is 40.4 Å². The van der Waals surface area contributed by atoms with Crippen LogP contribution in [0.2, 0.25) is 0 Å². The number of carbonyl (C=O) groups is 2. The molecular formula is C17H20N2O3S2. The summed E-state index contributed by atoms with van der Waals surface area (Å²) in [5.74, 6) is -0.110. The van der Waals surface area contributed by atoms with Crippen LogP contribution in [0.1, 0.15) is 23.7 Å². The van der Waals surface area contributed by atoms with Gasteiger partial charge in [0.25, 0.3) is 0 Å². The molecule has 1 amide bonds. The van der Waals surface area contributed by atoms with Crippen LogP contribution in [0.3, 0.4) is 0 Å². The highest BCUT2D eigenvalue weighted by molar-refractivity contribution is 8.00. The fourth-order valence-electron chi connectivity index (χ4n) is 1.97. The third-order valence-electron chi connectivity index (χ3n) is 3.13. The molecule has 1 N–H and O–H groups in total. The van der Waals surface area contributed by atoms with Crippen molar-refractivity contribution >= 4 is 40.1 Å². The molecule has 0 bridgehead atoms. The number of carbonyl (C=O) groups excluding carboxylic acids is 2. The lowest BCUT2D eigenvalue weighted by Gasteiger charge is -2.06. The first-order chi connectivity index (χ1) is 11.5. The highest BCUT2D eigenvalue weighted by Gasteiger charge is 2.11. The molecule has 0 aliphatic carbocycles. The smallest absolute Gasteiger partial charge is 0.311 e. The summed E-state index contributed by atoms with van der Waals surface area (Å²) in [6.45, 7) is 6.17. The predicted octanol–water partition coefficient (Wildman–Crippen LogP) is 3.60. The number of thiazole rings is 1. The number of benzene rings is 1. The molecule has 0 radical (unpaired) electrons. The van der Waals surface area contributed by atoms with Gasteiger partial charge in [0, 0.05) is 10.3 Å². The monoisotopic (exact) mass is 364 g/mol. The summed E-state index contributed by atoms with van der Waals surface area (Å²) in [5.41, 5.74) is 2.94. The second-order valence-corrected chi connectivity index (χ2v) is 7.11. The van der Waals surface area contributed by atoms with Crippen molar-refractivity contribution in [1.82, 2.24) is 4.98 Å². The van der Waals surface area contributed by atoms with E-state index >= 15 is 0 Å². The van der Waals surface area contributed by atoms with E-state index < -0.39 is 0 Å². The molecule has 1 heterocycles. The standard InChI is InChI=1S/C17H20N2O3S2/c1-4-22-16(21)8-13-9-24-17(18-13)19-15(20)10-23-14-7-11(2)5-6-12(14)3/h5-7,9H,4,8,10H2,1-3H3,(H,18,19,20). The minimum Gasteiger partial charge on any atom is -0.466 e. The number of hydrogen-bond acceptors (Lipinski definition) is 6. The molecular weight excluding hydrogens is 344 g/mol. The largest absolute Gasteiger partial charge is 0.466 e. The van der Waals surface area contributed by atoms with E-state index in [0.717, 1.165) is 10.5 Å². The lowest BCUT2D eigenvalue weighted by atomic mass is 10.2. The molecule has 2 aromatic rings. The van der Waals surface area contributed by atoms with Crippen molar-refractivity contribution in [3.8, 4) is 0 Å². The van der Waals surface area contributed by atoms with E-state index in [9.17, 15) is 9.59 Å². The summed E-state index contributed by atoms with van der Waals surface area (Å²) >= 11 is 2.81. The Morgan fingerprint density at radius 3 is 2.88 bits per heavy atom. The van der Waals surface area contributed by atoms with E-state index in [0.29, 0.717) is 23.2 Å². The maximum Gasteiger partial charge on any atom is 0.311 e. The van der Waals surface area contributed by atoms with Gasteiger partial charge in [0.05, 0.1) is 24.5 Å². The van der Waals surface area contributed by atoms with Crippen molar-refractivity contribution in [1.29, 1.82) is 0 Å². The molecule has 1 aromatic carbocycles. The van der Waals surface area contributed by atoms with E-state index in [2.05, 4.69) is 28.5 Å². The Morgan fingerprint density at radius 1 is 1.33 bits per heavy atom. The number of esters is 1. The van der Waals surface area contributed by atoms with Crippen LogP contribution in [0.15, 0.2) is 28.5 Å². The SMILES string of the molecule is CCOC(=O)Cc1csc(NC(=O)CSc2cc(C)ccc2C)n1. The van der Waals surface area contributed by atoms with E-state index in [4.69, 9.17) is 4.74 Å². The number of amides is 1. The Labute approximate surface area is 149 Å². The minimum atomic E-state index is -0.314. The normalized spacial score (nSPS) is 10.5. The number of hydrogen-bond donors (Lipinski definition) is 1. The van der Waals surface area contributed by atoms with Gasteiger partial charge in [-0.05, 0) is 32.4 Å². The van der Waals surface area contributed by atoms with Crippen molar-refractivity contribution in [2.75, 3.05) is 17.7 Å². The number of aryl methyl sites for hydroxylation is 2. The van der Waals surface area contributed by atoms with Crippen LogP contribution in [0.4, 0.5) is 5.13 Å². The summed E-state index contributed by atoms with van der Waals surface area (Å²) in [4.78, 5) is 28.8. The van der Waals surface area contributed by atoms with Crippen molar-refractivity contribution in [2.24, 2.45) is 0 Å². The maximum absolute atomic E-state index is 12.1. The number of rotatable bonds is 7. The molecule has 5 nitrogen and oxygen atoms in total. The first kappa shape index (κ1) is 18.5. The number of nitrogens with one attached hydrogen (secondary N) is 1. The molecule has 2 rings (SSSR count). The van der Waals surface area contributed by atoms with Crippen LogP contribution in [-0.2, 0) is 20.7 Å². The molecule has 24 heavy (non-hydrogen) atoms. The van der Waals surface area contributed by atoms with Gasteiger partial charge in [0.15, 0.2) is 5.13 Å². The molecule has 0 spiro atoms. The maximum atomic E-state index is 12.1. The number of nitrogens with zero attached hydrogens (tertiary/aromatic N) is 1. The number of anilines is 1. The Morgan fingerprint density at radius 2 is 2.12 bits per heavy atom. The highest BCUT2D eigenvalue weighted by Crippen LogP contribution is 2.24. The molecule has 0 saturated carbocycles. The van der Waals surface area contributed by atoms with Crippen molar-refractivity contribution < 1.29 is 14.3 Å². The van der Waals surface area contributed by atoms with Crippen LogP contribution in [0.5, 0.6) is 0 Å². The Hall–Kier alpha value is -1.86. The quantitative estimate of drug-likeness (QED) is 0.600. The fourth-order valence-corrected chi connectivity index (χ4v) is 3.62. The van der Waals surface area contributed by atoms with Crippen LogP contribution in [0, 0.1) is 13.8 Å². The van der Waals surface area contributed by atoms with E-state index in [-0.39, 0.29) is 18.3 Å². The Bertz CT molecular complexity index is 728. The average molecular weight is 364 g/mol. The third kappa shape index (κ3) is 5.65. The van der Waals surface area contributed by atoms with Gasteiger partial charge in [-0.2, -0.15) is 0 Å². The molecule has 7 heteroatoms. The van der Waals surface area contributed by atoms with Crippen LogP contribution >= 0.6 is 23.1 Å². The molecule has 0 unspecified atom stereocenters. The zero-order chi connectivity index (χ0) is 17.5. The summed E-state index contributed by atoms with van der Waals surface area (Å²) < 4.78 is 4.88. The van der Waals surface area contributed by atoms with Gasteiger partial charge in [0.1, 0.15) is 0 Å². The van der Waals surface area contributed by atoms with Gasteiger partial charge in [-0.3, -0.25) is 9.59 Å². The first-order valence-corrected chi connectivity index (χ1v) is 9.44. The summed E-state index contributed by atoms with van der Waals surface area (Å²) in [5, 5.41) is 5.02. The number of thioether (sulfide) groups is 1. The topological polar surface area (TPSA) is 68.3 Å². The number of ether oxygens (including phenoxy) is 1. The van der Waals surface area contributed by atoms with Crippen molar-refractivity contribution in [2.45, 2.75) is 32.1 Å². The van der Waals surface area contributed by atoms with Crippen LogP contribution in [-0.4, -0.2) is 29.2 Å². The van der Waals surface area contributed by atoms with Gasteiger partial charge in [-0.25, -0.2) is 4.98 Å². The summed E-state index contributed by atoms with van der Waals surface area (Å²) in [7, 11) is 0. The number of aromatic nitrogens is 1. The van der Waals surface area contributed by atoms with Gasteiger partial charge >= 0.3 is 5.97 Å². The lowest BCUT2D eigenvalue weighted by Crippen LogP contribution is -2.14. The predicted molar refractivity (Wildman–Crippen MR) is 97.7 cm³/mol.